The Hall–Kier alpha value is -2.18. The molecule has 2 aliphatic carbocycles. The first-order chi connectivity index (χ1) is 18.5. The molecule has 2 bridgehead atoms. The van der Waals surface area contributed by atoms with Crippen molar-refractivity contribution in [1.82, 2.24) is 0 Å². The van der Waals surface area contributed by atoms with Crippen LogP contribution in [0.5, 0.6) is 0 Å². The number of fused-ring (bicyclic) bond motifs is 2. The van der Waals surface area contributed by atoms with Gasteiger partial charge < -0.3 is 33.9 Å². The smallest absolute Gasteiger partial charge is 0.341 e. The predicted octanol–water partition coefficient (Wildman–Crippen LogP) is 0.662. The standard InChI is InChI=1S/C29H34O11/c1-23(2)13-7-6-12-19(31)29-18-16(17-20(39-29)26(5,35)22(33)36-17)25(4,34)21(32)24(18,3)8-9-27(12,40-29)11-28(13)14(37-23)10-15(30)38-28/h6,13-14,16-18,20,34-35H,7-11H2,1-5H3/t13-,14+,16+,17+,18-,20-,24-,25+,26+,27-,28+,29-/m0/s1. The highest BCUT2D eigenvalue weighted by atomic mass is 16.7. The lowest BCUT2D eigenvalue weighted by atomic mass is 9.62. The number of allylic oxidation sites excluding steroid dienone is 1. The summed E-state index contributed by atoms with van der Waals surface area (Å²) in [6.45, 7) is 8.26. The number of carbonyl (C=O) groups is 4. The van der Waals surface area contributed by atoms with Crippen LogP contribution in [0.25, 0.3) is 0 Å². The van der Waals surface area contributed by atoms with Gasteiger partial charge in [-0.1, -0.05) is 13.0 Å². The Morgan fingerprint density at radius 3 is 2.40 bits per heavy atom. The van der Waals surface area contributed by atoms with Gasteiger partial charge in [-0.15, -0.1) is 0 Å². The Morgan fingerprint density at radius 1 is 0.950 bits per heavy atom. The van der Waals surface area contributed by atoms with Crippen LogP contribution in [0.15, 0.2) is 11.6 Å². The van der Waals surface area contributed by atoms with E-state index in [-0.39, 0.29) is 37.6 Å². The molecule has 0 aromatic heterocycles. The molecule has 0 radical (unpaired) electrons. The fourth-order valence-corrected chi connectivity index (χ4v) is 10.2. The van der Waals surface area contributed by atoms with Gasteiger partial charge in [0.2, 0.25) is 11.6 Å². The van der Waals surface area contributed by atoms with Gasteiger partial charge in [0.05, 0.1) is 12.0 Å². The van der Waals surface area contributed by atoms with Crippen LogP contribution in [-0.4, -0.2) is 85.8 Å². The predicted molar refractivity (Wildman–Crippen MR) is 130 cm³/mol. The van der Waals surface area contributed by atoms with Gasteiger partial charge in [0.1, 0.15) is 35.1 Å². The van der Waals surface area contributed by atoms with E-state index in [1.54, 1.807) is 6.92 Å². The first-order valence-corrected chi connectivity index (χ1v) is 14.2. The molecule has 0 aromatic rings. The number of esters is 2. The van der Waals surface area contributed by atoms with Gasteiger partial charge in [0, 0.05) is 35.2 Å². The number of Topliss-reactive ketones (excluding diaryl/α,β-unsaturated/α-hetero) is 2. The molecule has 7 fully saturated rings. The highest BCUT2D eigenvalue weighted by Gasteiger charge is 2.85. The zero-order valence-corrected chi connectivity index (χ0v) is 23.1. The Kier molecular flexibility index (Phi) is 4.29. The van der Waals surface area contributed by atoms with Crippen molar-refractivity contribution in [3.63, 3.8) is 0 Å². The minimum atomic E-state index is -2.14. The van der Waals surface area contributed by atoms with Gasteiger partial charge in [0.25, 0.3) is 0 Å². The van der Waals surface area contributed by atoms with Crippen molar-refractivity contribution in [3.8, 4) is 0 Å². The lowest BCUT2D eigenvalue weighted by Crippen LogP contribution is -2.67. The van der Waals surface area contributed by atoms with Gasteiger partial charge in [-0.25, -0.2) is 4.79 Å². The van der Waals surface area contributed by atoms with E-state index in [2.05, 4.69) is 0 Å². The molecule has 11 nitrogen and oxygen atoms in total. The zero-order valence-electron chi connectivity index (χ0n) is 23.1. The van der Waals surface area contributed by atoms with Gasteiger partial charge in [-0.3, -0.25) is 14.4 Å². The van der Waals surface area contributed by atoms with Crippen LogP contribution in [-0.2, 0) is 42.9 Å². The van der Waals surface area contributed by atoms with Crippen LogP contribution in [0.3, 0.4) is 0 Å². The summed E-state index contributed by atoms with van der Waals surface area (Å²) in [7, 11) is 0. The van der Waals surface area contributed by atoms with Crippen molar-refractivity contribution in [2.24, 2.45) is 23.2 Å². The molecule has 0 amide bonds. The van der Waals surface area contributed by atoms with E-state index in [1.165, 1.54) is 13.8 Å². The summed E-state index contributed by atoms with van der Waals surface area (Å²) in [6.07, 6.45) is -0.0748. The first kappa shape index (κ1) is 25.5. The maximum Gasteiger partial charge on any atom is 0.341 e. The molecule has 0 aromatic carbocycles. The van der Waals surface area contributed by atoms with Crippen LogP contribution < -0.4 is 0 Å². The van der Waals surface area contributed by atoms with Gasteiger partial charge >= 0.3 is 11.9 Å². The van der Waals surface area contributed by atoms with Gasteiger partial charge in [-0.2, -0.15) is 0 Å². The molecule has 1 saturated carbocycles. The highest BCUT2D eigenvalue weighted by Crippen LogP contribution is 2.71. The van der Waals surface area contributed by atoms with E-state index < -0.39 is 86.9 Å². The number of carbonyl (C=O) groups excluding carboxylic acids is 4. The molecule has 6 heterocycles. The number of ether oxygens (including phenoxy) is 5. The van der Waals surface area contributed by atoms with E-state index in [0.29, 0.717) is 12.0 Å². The summed E-state index contributed by atoms with van der Waals surface area (Å²) in [4.78, 5) is 54.2. The van der Waals surface area contributed by atoms with E-state index in [4.69, 9.17) is 23.7 Å². The molecule has 6 saturated heterocycles. The van der Waals surface area contributed by atoms with Crippen molar-refractivity contribution in [2.75, 3.05) is 0 Å². The topological polar surface area (TPSA) is 155 Å². The van der Waals surface area contributed by atoms with E-state index in [0.717, 1.165) is 0 Å². The second-order valence-corrected chi connectivity index (χ2v) is 14.5. The first-order valence-electron chi connectivity index (χ1n) is 14.2. The van der Waals surface area contributed by atoms with E-state index in [1.807, 2.05) is 19.9 Å². The number of hydrogen-bond acceptors (Lipinski definition) is 11. The van der Waals surface area contributed by atoms with Crippen LogP contribution in [0, 0.1) is 23.2 Å². The quantitative estimate of drug-likeness (QED) is 0.403. The minimum absolute atomic E-state index is 0.0940. The second kappa shape index (κ2) is 6.72. The largest absolute Gasteiger partial charge is 0.457 e. The van der Waals surface area contributed by atoms with Crippen molar-refractivity contribution in [1.29, 1.82) is 0 Å². The van der Waals surface area contributed by atoms with Crippen molar-refractivity contribution < 1.29 is 53.1 Å². The lowest BCUT2D eigenvalue weighted by Gasteiger charge is -2.50. The van der Waals surface area contributed by atoms with E-state index in [9.17, 15) is 29.4 Å². The third-order valence-electron chi connectivity index (χ3n) is 11.9. The SMILES string of the molecule is CC1(C)O[C@@H]2CC(=O)O[C@@]23C[C@]24CC[C@]5(C)C(=O)[C@](C)(O)[C@@H]6[C@H]7OC(=O)[C@](C)(O)[C@H]7O[C@@](O2)(C(=O)C4=CC[C@@H]13)[C@@H]65. The minimum Gasteiger partial charge on any atom is -0.457 e. The Balaban J connectivity index is 1.34. The van der Waals surface area contributed by atoms with Crippen LogP contribution in [0.1, 0.15) is 66.7 Å². The Morgan fingerprint density at radius 2 is 1.68 bits per heavy atom. The molecule has 0 unspecified atom stereocenters. The third-order valence-corrected chi connectivity index (χ3v) is 11.9. The molecule has 3 spiro atoms. The maximum atomic E-state index is 14.7. The molecular weight excluding hydrogens is 524 g/mol. The summed E-state index contributed by atoms with van der Waals surface area (Å²) in [5, 5.41) is 22.8. The summed E-state index contributed by atoms with van der Waals surface area (Å²) in [5.41, 5.74) is -7.92. The van der Waals surface area contributed by atoms with E-state index >= 15 is 0 Å². The van der Waals surface area contributed by atoms with Gasteiger partial charge in [-0.05, 0) is 47.0 Å². The molecule has 11 heteroatoms. The van der Waals surface area contributed by atoms with Crippen LogP contribution >= 0.6 is 0 Å². The number of aliphatic hydroxyl groups is 2. The normalized spacial score (nSPS) is 58.6. The number of rotatable bonds is 0. The number of ketones is 2. The summed E-state index contributed by atoms with van der Waals surface area (Å²) >= 11 is 0. The lowest BCUT2D eigenvalue weighted by molar-refractivity contribution is -0.342. The Labute approximate surface area is 230 Å². The molecule has 6 aliphatic heterocycles. The molecule has 12 atom stereocenters. The maximum absolute atomic E-state index is 14.7. The molecule has 40 heavy (non-hydrogen) atoms. The molecular formula is C29H34O11. The van der Waals surface area contributed by atoms with Crippen molar-refractivity contribution in [3.05, 3.63) is 11.6 Å². The fraction of sp³-hybridized carbons (Fsp3) is 0.793. The molecule has 216 valence electrons. The monoisotopic (exact) mass is 558 g/mol. The van der Waals surface area contributed by atoms with Crippen LogP contribution in [0.2, 0.25) is 0 Å². The van der Waals surface area contributed by atoms with Crippen LogP contribution in [0.4, 0.5) is 0 Å². The average molecular weight is 559 g/mol. The third kappa shape index (κ3) is 2.46. The number of hydrogen-bond donors (Lipinski definition) is 2. The molecule has 2 N–H and O–H groups in total. The summed E-state index contributed by atoms with van der Waals surface area (Å²) in [6, 6.07) is 0. The highest BCUT2D eigenvalue weighted by molar-refractivity contribution is 6.08. The fourth-order valence-electron chi connectivity index (χ4n) is 10.2. The molecule has 8 aliphatic rings. The summed E-state index contributed by atoms with van der Waals surface area (Å²) in [5.74, 6) is -6.62. The summed E-state index contributed by atoms with van der Waals surface area (Å²) < 4.78 is 31.4. The zero-order chi connectivity index (χ0) is 28.6. The Bertz CT molecular complexity index is 1360. The second-order valence-electron chi connectivity index (χ2n) is 14.5. The molecule has 8 rings (SSSR count). The van der Waals surface area contributed by atoms with Crippen molar-refractivity contribution in [2.45, 2.75) is 119 Å². The average Bonchev–Trinajstić information content (AvgIpc) is 3.39. The van der Waals surface area contributed by atoms with Crippen molar-refractivity contribution >= 4 is 23.5 Å². The van der Waals surface area contributed by atoms with Gasteiger partial charge in [0.15, 0.2) is 11.4 Å².